The standard InChI is InChI=1S/C24H19Cl2N3O3/c1-13-4-6-17(7-5-13)29-23(31)19(22(30)27-24(29)32)11-16-10-14(2)28(15(16)3)18-8-9-20(25)21(26)12-18/h4-12H,1-3H3,(H,27,30,32). The first-order valence-corrected chi connectivity index (χ1v) is 10.6. The molecule has 0 saturated carbocycles. The van der Waals surface area contributed by atoms with Gasteiger partial charge in [-0.25, -0.2) is 9.69 Å². The molecule has 2 aromatic carbocycles. The van der Waals surface area contributed by atoms with Crippen molar-refractivity contribution in [2.75, 3.05) is 4.90 Å². The van der Waals surface area contributed by atoms with Crippen LogP contribution < -0.4 is 10.2 Å². The molecule has 8 heteroatoms. The molecule has 0 atom stereocenters. The summed E-state index contributed by atoms with van der Waals surface area (Å²) in [6.45, 7) is 5.68. The molecule has 162 valence electrons. The molecule has 0 bridgehead atoms. The zero-order valence-electron chi connectivity index (χ0n) is 17.6. The van der Waals surface area contributed by atoms with Crippen LogP contribution in [0.2, 0.25) is 10.0 Å². The van der Waals surface area contributed by atoms with Crippen molar-refractivity contribution in [2.45, 2.75) is 20.8 Å². The average molecular weight is 468 g/mol. The molecule has 1 fully saturated rings. The Kier molecular flexibility index (Phi) is 5.67. The lowest BCUT2D eigenvalue weighted by Gasteiger charge is -2.26. The number of anilines is 1. The molecule has 4 rings (SSSR count). The molecular formula is C24H19Cl2N3O3. The number of halogens is 2. The third kappa shape index (κ3) is 3.83. The highest BCUT2D eigenvalue weighted by molar-refractivity contribution is 6.42. The van der Waals surface area contributed by atoms with Gasteiger partial charge in [0, 0.05) is 17.1 Å². The molecule has 1 saturated heterocycles. The first kappa shape index (κ1) is 21.9. The number of aryl methyl sites for hydroxylation is 2. The molecule has 0 radical (unpaired) electrons. The highest BCUT2D eigenvalue weighted by Gasteiger charge is 2.37. The molecule has 1 aliphatic rings. The van der Waals surface area contributed by atoms with Gasteiger partial charge in [0.05, 0.1) is 15.7 Å². The molecule has 0 spiro atoms. The predicted octanol–water partition coefficient (Wildman–Crippen LogP) is 5.38. The van der Waals surface area contributed by atoms with Gasteiger partial charge in [0.1, 0.15) is 5.57 Å². The topological polar surface area (TPSA) is 71.4 Å². The number of benzene rings is 2. The van der Waals surface area contributed by atoms with E-state index in [2.05, 4.69) is 5.32 Å². The maximum absolute atomic E-state index is 13.1. The fraction of sp³-hybridized carbons (Fsp3) is 0.125. The first-order chi connectivity index (χ1) is 15.2. The van der Waals surface area contributed by atoms with E-state index in [1.165, 1.54) is 6.08 Å². The maximum atomic E-state index is 13.1. The van der Waals surface area contributed by atoms with Crippen LogP contribution in [0.25, 0.3) is 11.8 Å². The van der Waals surface area contributed by atoms with Gasteiger partial charge in [0.25, 0.3) is 11.8 Å². The lowest BCUT2D eigenvalue weighted by Crippen LogP contribution is -2.54. The van der Waals surface area contributed by atoms with Crippen molar-refractivity contribution >= 4 is 52.8 Å². The Hall–Kier alpha value is -3.35. The van der Waals surface area contributed by atoms with Gasteiger partial charge in [-0.2, -0.15) is 0 Å². The normalized spacial score (nSPS) is 15.5. The summed E-state index contributed by atoms with van der Waals surface area (Å²) in [4.78, 5) is 39.0. The number of barbiturate groups is 1. The summed E-state index contributed by atoms with van der Waals surface area (Å²) >= 11 is 12.2. The number of urea groups is 1. The largest absolute Gasteiger partial charge is 0.335 e. The van der Waals surface area contributed by atoms with Crippen molar-refractivity contribution < 1.29 is 14.4 Å². The van der Waals surface area contributed by atoms with Gasteiger partial charge in [-0.1, -0.05) is 40.9 Å². The van der Waals surface area contributed by atoms with Gasteiger partial charge in [0.2, 0.25) is 0 Å². The van der Waals surface area contributed by atoms with Gasteiger partial charge >= 0.3 is 6.03 Å². The van der Waals surface area contributed by atoms with Crippen LogP contribution in [0.3, 0.4) is 0 Å². The van der Waals surface area contributed by atoms with Gasteiger partial charge < -0.3 is 4.57 Å². The van der Waals surface area contributed by atoms with Crippen molar-refractivity contribution in [3.8, 4) is 5.69 Å². The van der Waals surface area contributed by atoms with E-state index < -0.39 is 17.8 Å². The van der Waals surface area contributed by atoms with E-state index in [0.717, 1.165) is 27.5 Å². The number of carbonyl (C=O) groups is 3. The monoisotopic (exact) mass is 467 g/mol. The summed E-state index contributed by atoms with van der Waals surface area (Å²) in [6.07, 6.45) is 1.50. The predicted molar refractivity (Wildman–Crippen MR) is 125 cm³/mol. The Labute approximate surface area is 195 Å². The van der Waals surface area contributed by atoms with E-state index >= 15 is 0 Å². The van der Waals surface area contributed by atoms with E-state index in [4.69, 9.17) is 23.2 Å². The second kappa shape index (κ2) is 8.30. The van der Waals surface area contributed by atoms with E-state index in [0.29, 0.717) is 21.3 Å². The van der Waals surface area contributed by atoms with Crippen LogP contribution in [-0.2, 0) is 9.59 Å². The molecule has 4 amide bonds. The van der Waals surface area contributed by atoms with Crippen molar-refractivity contribution in [1.29, 1.82) is 0 Å². The fourth-order valence-corrected chi connectivity index (χ4v) is 3.99. The van der Waals surface area contributed by atoms with E-state index in [9.17, 15) is 14.4 Å². The van der Waals surface area contributed by atoms with Crippen molar-refractivity contribution in [3.05, 3.63) is 86.7 Å². The molecule has 32 heavy (non-hydrogen) atoms. The zero-order valence-corrected chi connectivity index (χ0v) is 19.1. The van der Waals surface area contributed by atoms with Crippen LogP contribution in [-0.4, -0.2) is 22.4 Å². The molecule has 1 aliphatic heterocycles. The number of rotatable bonds is 3. The average Bonchev–Trinajstić information content (AvgIpc) is 3.01. The molecule has 3 aromatic rings. The van der Waals surface area contributed by atoms with Crippen LogP contribution in [0.15, 0.2) is 54.1 Å². The summed E-state index contributed by atoms with van der Waals surface area (Å²) in [6, 6.07) is 13.3. The minimum atomic E-state index is -0.776. The summed E-state index contributed by atoms with van der Waals surface area (Å²) in [5.74, 6) is -1.41. The van der Waals surface area contributed by atoms with Crippen LogP contribution in [0.5, 0.6) is 0 Å². The lowest BCUT2D eigenvalue weighted by atomic mass is 10.1. The van der Waals surface area contributed by atoms with Crippen molar-refractivity contribution in [1.82, 2.24) is 9.88 Å². The highest BCUT2D eigenvalue weighted by atomic mass is 35.5. The second-order valence-corrected chi connectivity index (χ2v) is 8.37. The van der Waals surface area contributed by atoms with Crippen molar-refractivity contribution in [2.24, 2.45) is 0 Å². The Morgan fingerprint density at radius 2 is 1.50 bits per heavy atom. The van der Waals surface area contributed by atoms with Crippen LogP contribution in [0, 0.1) is 20.8 Å². The number of imide groups is 2. The van der Waals surface area contributed by atoms with Crippen LogP contribution >= 0.6 is 23.2 Å². The summed E-state index contributed by atoms with van der Waals surface area (Å²) in [5.41, 5.74) is 4.40. The van der Waals surface area contributed by atoms with E-state index in [1.807, 2.05) is 37.5 Å². The number of nitrogens with zero attached hydrogens (tertiary/aromatic N) is 2. The van der Waals surface area contributed by atoms with Crippen LogP contribution in [0.4, 0.5) is 10.5 Å². The highest BCUT2D eigenvalue weighted by Crippen LogP contribution is 2.29. The molecule has 1 N–H and O–H groups in total. The minimum absolute atomic E-state index is 0.125. The molecular weight excluding hydrogens is 449 g/mol. The Morgan fingerprint density at radius 3 is 2.16 bits per heavy atom. The third-order valence-electron chi connectivity index (χ3n) is 5.33. The molecule has 0 aliphatic carbocycles. The van der Waals surface area contributed by atoms with Gasteiger partial charge in [-0.05, 0) is 68.8 Å². The number of amides is 4. The van der Waals surface area contributed by atoms with Gasteiger partial charge in [0.15, 0.2) is 0 Å². The van der Waals surface area contributed by atoms with Crippen LogP contribution in [0.1, 0.15) is 22.5 Å². The lowest BCUT2D eigenvalue weighted by molar-refractivity contribution is -0.122. The minimum Gasteiger partial charge on any atom is -0.318 e. The Bertz CT molecular complexity index is 1310. The summed E-state index contributed by atoms with van der Waals surface area (Å²) in [5, 5.41) is 3.12. The Balaban J connectivity index is 1.76. The maximum Gasteiger partial charge on any atom is 0.335 e. The van der Waals surface area contributed by atoms with E-state index in [-0.39, 0.29) is 5.57 Å². The van der Waals surface area contributed by atoms with E-state index in [1.54, 1.807) is 36.4 Å². The first-order valence-electron chi connectivity index (χ1n) is 9.80. The number of hydrogen-bond acceptors (Lipinski definition) is 3. The molecule has 1 aromatic heterocycles. The Morgan fingerprint density at radius 1 is 0.844 bits per heavy atom. The molecule has 0 unspecified atom stereocenters. The fourth-order valence-electron chi connectivity index (χ4n) is 3.70. The number of aromatic nitrogens is 1. The molecule has 2 heterocycles. The number of hydrogen-bond donors (Lipinski definition) is 1. The zero-order chi connectivity index (χ0) is 23.2. The summed E-state index contributed by atoms with van der Waals surface area (Å²) < 4.78 is 1.95. The number of nitrogens with one attached hydrogen (secondary N) is 1. The third-order valence-corrected chi connectivity index (χ3v) is 6.06. The molecule has 6 nitrogen and oxygen atoms in total. The number of carbonyl (C=O) groups excluding carboxylic acids is 3. The smallest absolute Gasteiger partial charge is 0.318 e. The summed E-state index contributed by atoms with van der Waals surface area (Å²) in [7, 11) is 0. The van der Waals surface area contributed by atoms with Gasteiger partial charge in [-0.15, -0.1) is 0 Å². The van der Waals surface area contributed by atoms with Crippen molar-refractivity contribution in [3.63, 3.8) is 0 Å². The quantitative estimate of drug-likeness (QED) is 0.415. The second-order valence-electron chi connectivity index (χ2n) is 7.55. The SMILES string of the molecule is Cc1ccc(N2C(=O)NC(=O)C(=Cc3cc(C)n(-c4ccc(Cl)c(Cl)c4)c3C)C2=O)cc1. The van der Waals surface area contributed by atoms with Gasteiger partial charge in [-0.3, -0.25) is 14.9 Å².